The number of carbonyl (C=O) groups excluding carboxylic acids is 1. The molecule has 1 aromatic carbocycles. The van der Waals surface area contributed by atoms with Crippen molar-refractivity contribution in [1.82, 2.24) is 9.97 Å². The molecule has 0 saturated carbocycles. The summed E-state index contributed by atoms with van der Waals surface area (Å²) in [6.07, 6.45) is 1.52. The van der Waals surface area contributed by atoms with Crippen molar-refractivity contribution < 1.29 is 9.72 Å². The summed E-state index contributed by atoms with van der Waals surface area (Å²) in [5, 5.41) is 11.3. The Labute approximate surface area is 113 Å². The summed E-state index contributed by atoms with van der Waals surface area (Å²) >= 11 is 0. The highest BCUT2D eigenvalue weighted by atomic mass is 16.6. The molecule has 0 spiro atoms. The predicted molar refractivity (Wildman–Crippen MR) is 72.7 cm³/mol. The molecule has 0 radical (unpaired) electrons. The molecule has 0 fully saturated rings. The number of carbonyl (C=O) groups is 1. The number of nitrogens with zero attached hydrogens (tertiary/aromatic N) is 2. The molecule has 0 bridgehead atoms. The molecule has 1 heterocycles. The van der Waals surface area contributed by atoms with E-state index in [9.17, 15) is 19.7 Å². The highest BCUT2D eigenvalue weighted by Crippen LogP contribution is 2.30. The van der Waals surface area contributed by atoms with Crippen LogP contribution >= 0.6 is 0 Å². The minimum absolute atomic E-state index is 0.0997. The van der Waals surface area contributed by atoms with Gasteiger partial charge in [0.25, 0.3) is 11.2 Å². The highest BCUT2D eigenvalue weighted by Gasteiger charge is 2.24. The Hall–Kier alpha value is -2.57. The van der Waals surface area contributed by atoms with Gasteiger partial charge in [-0.3, -0.25) is 19.7 Å². The lowest BCUT2D eigenvalue weighted by Crippen LogP contribution is -2.12. The lowest BCUT2D eigenvalue weighted by Gasteiger charge is -2.10. The fraction of sp³-hybridized carbons (Fsp3) is 0.308. The minimum Gasteiger partial charge on any atom is -0.313 e. The van der Waals surface area contributed by atoms with E-state index >= 15 is 0 Å². The zero-order valence-electron chi connectivity index (χ0n) is 11.0. The standard InChI is InChI=1S/C13H13N3O4/c1-3-12(17)7(2)8-4-10-9(5-11(8)16(19)20)13(18)15-6-14-10/h4-7H,3H2,1-2H3,(H,14,15,18). The molecular weight excluding hydrogens is 262 g/mol. The van der Waals surface area contributed by atoms with Gasteiger partial charge in [-0.05, 0) is 6.07 Å². The quantitative estimate of drug-likeness (QED) is 0.677. The van der Waals surface area contributed by atoms with Crippen molar-refractivity contribution in [3.63, 3.8) is 0 Å². The third-order valence-corrected chi connectivity index (χ3v) is 3.28. The first-order valence-electron chi connectivity index (χ1n) is 6.14. The van der Waals surface area contributed by atoms with E-state index in [4.69, 9.17) is 0 Å². The first kappa shape index (κ1) is 13.9. The van der Waals surface area contributed by atoms with Crippen LogP contribution in [0.25, 0.3) is 10.9 Å². The monoisotopic (exact) mass is 275 g/mol. The van der Waals surface area contributed by atoms with Gasteiger partial charge in [0, 0.05) is 24.0 Å². The molecule has 1 unspecified atom stereocenters. The Morgan fingerprint density at radius 1 is 1.50 bits per heavy atom. The van der Waals surface area contributed by atoms with Crippen LogP contribution in [-0.4, -0.2) is 20.7 Å². The summed E-state index contributed by atoms with van der Waals surface area (Å²) in [6.45, 7) is 3.32. The second-order valence-electron chi connectivity index (χ2n) is 4.46. The SMILES string of the molecule is CCC(=O)C(C)c1cc2nc[nH]c(=O)c2cc1[N+](=O)[O-]. The normalized spacial score (nSPS) is 12.3. The minimum atomic E-state index is -0.606. The van der Waals surface area contributed by atoms with Gasteiger partial charge in [0.2, 0.25) is 0 Å². The molecule has 1 N–H and O–H groups in total. The molecule has 20 heavy (non-hydrogen) atoms. The number of aromatic amines is 1. The number of aromatic nitrogens is 2. The molecule has 0 aliphatic rings. The zero-order chi connectivity index (χ0) is 14.9. The van der Waals surface area contributed by atoms with Crippen LogP contribution in [0.15, 0.2) is 23.3 Å². The molecule has 0 amide bonds. The maximum absolute atomic E-state index is 11.8. The van der Waals surface area contributed by atoms with Crippen molar-refractivity contribution in [1.29, 1.82) is 0 Å². The molecule has 0 aliphatic carbocycles. The predicted octanol–water partition coefficient (Wildman–Crippen LogP) is 1.91. The van der Waals surface area contributed by atoms with Crippen LogP contribution in [-0.2, 0) is 4.79 Å². The number of Topliss-reactive ketones (excluding diaryl/α,β-unsaturated/α-hetero) is 1. The van der Waals surface area contributed by atoms with Crippen molar-refractivity contribution in [2.75, 3.05) is 0 Å². The van der Waals surface area contributed by atoms with Crippen LogP contribution in [0.4, 0.5) is 5.69 Å². The van der Waals surface area contributed by atoms with Crippen molar-refractivity contribution in [3.8, 4) is 0 Å². The van der Waals surface area contributed by atoms with Crippen LogP contribution in [0.1, 0.15) is 31.7 Å². The molecule has 0 aliphatic heterocycles. The first-order chi connectivity index (χ1) is 9.45. The Bertz CT molecular complexity index is 751. The fourth-order valence-corrected chi connectivity index (χ4v) is 2.10. The molecule has 104 valence electrons. The third kappa shape index (κ3) is 2.29. The average molecular weight is 275 g/mol. The van der Waals surface area contributed by atoms with Gasteiger partial charge in [0.1, 0.15) is 5.78 Å². The Kier molecular flexibility index (Phi) is 3.60. The van der Waals surface area contributed by atoms with E-state index in [0.717, 1.165) is 0 Å². The lowest BCUT2D eigenvalue weighted by molar-refractivity contribution is -0.385. The largest absolute Gasteiger partial charge is 0.313 e. The topological polar surface area (TPSA) is 106 Å². The number of nitrogens with one attached hydrogen (secondary N) is 1. The zero-order valence-corrected chi connectivity index (χ0v) is 11.0. The van der Waals surface area contributed by atoms with Gasteiger partial charge in [0.05, 0.1) is 22.2 Å². The molecule has 1 atom stereocenters. The van der Waals surface area contributed by atoms with Gasteiger partial charge in [-0.25, -0.2) is 4.98 Å². The van der Waals surface area contributed by atoms with Gasteiger partial charge >= 0.3 is 0 Å². The maximum Gasteiger partial charge on any atom is 0.274 e. The number of benzene rings is 1. The summed E-state index contributed by atoms with van der Waals surface area (Å²) < 4.78 is 0. The molecule has 7 nitrogen and oxygen atoms in total. The number of rotatable bonds is 4. The van der Waals surface area contributed by atoms with Crippen LogP contribution in [0.3, 0.4) is 0 Å². The fourth-order valence-electron chi connectivity index (χ4n) is 2.10. The summed E-state index contributed by atoms with van der Waals surface area (Å²) in [7, 11) is 0. The van der Waals surface area contributed by atoms with Gasteiger partial charge in [-0.2, -0.15) is 0 Å². The molecule has 2 rings (SSSR count). The number of fused-ring (bicyclic) bond motifs is 1. The highest BCUT2D eigenvalue weighted by molar-refractivity contribution is 5.89. The van der Waals surface area contributed by atoms with E-state index < -0.39 is 16.4 Å². The second kappa shape index (κ2) is 5.20. The summed E-state index contributed by atoms with van der Waals surface area (Å²) in [5.41, 5.74) is -0.0537. The maximum atomic E-state index is 11.8. The van der Waals surface area contributed by atoms with E-state index in [1.54, 1.807) is 13.8 Å². The van der Waals surface area contributed by atoms with Crippen molar-refractivity contribution in [2.24, 2.45) is 0 Å². The molecule has 0 saturated heterocycles. The summed E-state index contributed by atoms with van der Waals surface area (Å²) in [6, 6.07) is 2.62. The number of nitro groups is 1. The first-order valence-corrected chi connectivity index (χ1v) is 6.14. The number of hydrogen-bond donors (Lipinski definition) is 1. The molecule has 7 heteroatoms. The van der Waals surface area contributed by atoms with E-state index in [0.29, 0.717) is 11.9 Å². The van der Waals surface area contributed by atoms with Gasteiger partial charge in [-0.1, -0.05) is 13.8 Å². The van der Waals surface area contributed by atoms with E-state index in [1.165, 1.54) is 18.5 Å². The molecule has 2 aromatic rings. The molecule has 1 aromatic heterocycles. The number of ketones is 1. The Balaban J connectivity index is 2.76. The van der Waals surface area contributed by atoms with Crippen LogP contribution < -0.4 is 5.56 Å². The lowest BCUT2D eigenvalue weighted by atomic mass is 9.93. The second-order valence-corrected chi connectivity index (χ2v) is 4.46. The van der Waals surface area contributed by atoms with Gasteiger partial charge in [-0.15, -0.1) is 0 Å². The summed E-state index contributed by atoms with van der Waals surface area (Å²) in [5.74, 6) is -0.705. The number of hydrogen-bond acceptors (Lipinski definition) is 5. The van der Waals surface area contributed by atoms with Crippen molar-refractivity contribution in [3.05, 3.63) is 44.5 Å². The van der Waals surface area contributed by atoms with Gasteiger partial charge < -0.3 is 4.98 Å². The van der Waals surface area contributed by atoms with E-state index in [2.05, 4.69) is 9.97 Å². The van der Waals surface area contributed by atoms with Crippen LogP contribution in [0.5, 0.6) is 0 Å². The summed E-state index contributed by atoms with van der Waals surface area (Å²) in [4.78, 5) is 40.3. The van der Waals surface area contributed by atoms with E-state index in [-0.39, 0.29) is 22.4 Å². The van der Waals surface area contributed by atoms with Crippen molar-refractivity contribution >= 4 is 22.4 Å². The van der Waals surface area contributed by atoms with Crippen molar-refractivity contribution in [2.45, 2.75) is 26.2 Å². The van der Waals surface area contributed by atoms with Gasteiger partial charge in [0.15, 0.2) is 0 Å². The third-order valence-electron chi connectivity index (χ3n) is 3.28. The molecular formula is C13H13N3O4. The van der Waals surface area contributed by atoms with E-state index in [1.807, 2.05) is 0 Å². The smallest absolute Gasteiger partial charge is 0.274 e. The Morgan fingerprint density at radius 3 is 2.80 bits per heavy atom. The average Bonchev–Trinajstić information content (AvgIpc) is 2.44. The Morgan fingerprint density at radius 2 is 2.20 bits per heavy atom. The van der Waals surface area contributed by atoms with Crippen LogP contribution in [0, 0.1) is 10.1 Å². The van der Waals surface area contributed by atoms with Crippen LogP contribution in [0.2, 0.25) is 0 Å². The number of nitro benzene ring substituents is 1. The number of H-pyrrole nitrogens is 1.